The fourth-order valence-electron chi connectivity index (χ4n) is 1.13. The molecule has 0 spiro atoms. The summed E-state index contributed by atoms with van der Waals surface area (Å²) in [4.78, 5) is 10.6. The van der Waals surface area contributed by atoms with Gasteiger partial charge in [-0.3, -0.25) is 4.79 Å². The fourth-order valence-corrected chi connectivity index (χ4v) is 1.64. The van der Waals surface area contributed by atoms with Crippen LogP contribution in [0.15, 0.2) is 12.1 Å². The van der Waals surface area contributed by atoms with Gasteiger partial charge in [0.05, 0.1) is 10.0 Å². The molecular formula is C9H10Cl2N2O2. The maximum Gasteiger partial charge on any atom is 0.219 e. The molecule has 1 aromatic carbocycles. The van der Waals surface area contributed by atoms with Crippen molar-refractivity contribution in [3.63, 3.8) is 0 Å². The fraction of sp³-hybridized carbons (Fsp3) is 0.222. The third kappa shape index (κ3) is 2.99. The predicted molar refractivity (Wildman–Crippen MR) is 58.9 cm³/mol. The summed E-state index contributed by atoms with van der Waals surface area (Å²) in [5.74, 6) is -0.712. The van der Waals surface area contributed by atoms with Gasteiger partial charge in [-0.25, -0.2) is 0 Å². The van der Waals surface area contributed by atoms with Crippen LogP contribution in [-0.4, -0.2) is 11.0 Å². The number of primary amides is 1. The molecule has 1 amide bonds. The van der Waals surface area contributed by atoms with Crippen molar-refractivity contribution in [2.75, 3.05) is 0 Å². The van der Waals surface area contributed by atoms with E-state index in [9.17, 15) is 9.90 Å². The molecule has 0 bridgehead atoms. The third-order valence-electron chi connectivity index (χ3n) is 1.89. The molecule has 1 atom stereocenters. The topological polar surface area (TPSA) is 89.3 Å². The first-order valence-electron chi connectivity index (χ1n) is 4.13. The minimum atomic E-state index is -0.571. The van der Waals surface area contributed by atoms with Crippen molar-refractivity contribution in [1.82, 2.24) is 0 Å². The second kappa shape index (κ2) is 4.70. The van der Waals surface area contributed by atoms with E-state index in [-0.39, 0.29) is 22.2 Å². The quantitative estimate of drug-likeness (QED) is 0.759. The van der Waals surface area contributed by atoms with Gasteiger partial charge >= 0.3 is 0 Å². The van der Waals surface area contributed by atoms with Crippen LogP contribution in [-0.2, 0) is 4.79 Å². The maximum absolute atomic E-state index is 10.6. The van der Waals surface area contributed by atoms with Crippen molar-refractivity contribution in [3.8, 4) is 5.75 Å². The predicted octanol–water partition coefficient (Wildman–Crippen LogP) is 1.57. The molecule has 0 saturated carbocycles. The summed E-state index contributed by atoms with van der Waals surface area (Å²) in [6, 6.07) is 2.34. The van der Waals surface area contributed by atoms with Crippen LogP contribution >= 0.6 is 23.2 Å². The average molecular weight is 249 g/mol. The molecule has 1 rings (SSSR count). The highest BCUT2D eigenvalue weighted by atomic mass is 35.5. The Hall–Kier alpha value is -0.970. The lowest BCUT2D eigenvalue weighted by atomic mass is 10.0. The molecule has 0 fully saturated rings. The second-order valence-electron chi connectivity index (χ2n) is 3.11. The van der Waals surface area contributed by atoms with E-state index in [1.165, 1.54) is 12.1 Å². The van der Waals surface area contributed by atoms with Crippen molar-refractivity contribution in [3.05, 3.63) is 27.7 Å². The summed E-state index contributed by atoms with van der Waals surface area (Å²) in [7, 11) is 0. The van der Waals surface area contributed by atoms with Crippen LogP contribution in [0.1, 0.15) is 18.0 Å². The van der Waals surface area contributed by atoms with E-state index < -0.39 is 11.9 Å². The Kier molecular flexibility index (Phi) is 3.79. The molecule has 1 unspecified atom stereocenters. The summed E-state index contributed by atoms with van der Waals surface area (Å²) in [6.07, 6.45) is -0.00255. The van der Waals surface area contributed by atoms with Crippen molar-refractivity contribution >= 4 is 29.1 Å². The minimum Gasteiger partial charge on any atom is -0.505 e. The zero-order chi connectivity index (χ0) is 11.6. The largest absolute Gasteiger partial charge is 0.505 e. The van der Waals surface area contributed by atoms with Gasteiger partial charge in [0.1, 0.15) is 0 Å². The van der Waals surface area contributed by atoms with Crippen molar-refractivity contribution in [1.29, 1.82) is 0 Å². The molecule has 0 saturated heterocycles. The number of hydrogen-bond donors (Lipinski definition) is 3. The van der Waals surface area contributed by atoms with E-state index in [0.717, 1.165) is 0 Å². The molecular weight excluding hydrogens is 239 g/mol. The number of nitrogens with two attached hydrogens (primary N) is 2. The molecule has 0 aromatic heterocycles. The lowest BCUT2D eigenvalue weighted by molar-refractivity contribution is -0.118. The summed E-state index contributed by atoms with van der Waals surface area (Å²) in [6.45, 7) is 0. The third-order valence-corrected chi connectivity index (χ3v) is 2.46. The number of rotatable bonds is 3. The van der Waals surface area contributed by atoms with Crippen LogP contribution in [0.25, 0.3) is 0 Å². The molecule has 4 nitrogen and oxygen atoms in total. The molecule has 1 aromatic rings. The van der Waals surface area contributed by atoms with E-state index in [1.54, 1.807) is 0 Å². The van der Waals surface area contributed by atoms with Crippen LogP contribution in [0.4, 0.5) is 0 Å². The van der Waals surface area contributed by atoms with E-state index >= 15 is 0 Å². The molecule has 0 heterocycles. The van der Waals surface area contributed by atoms with Gasteiger partial charge in [-0.2, -0.15) is 0 Å². The van der Waals surface area contributed by atoms with E-state index in [2.05, 4.69) is 0 Å². The summed E-state index contributed by atoms with van der Waals surface area (Å²) in [5, 5.41) is 9.49. The Labute approximate surface area is 96.8 Å². The van der Waals surface area contributed by atoms with Gasteiger partial charge in [-0.05, 0) is 17.7 Å². The van der Waals surface area contributed by atoms with Gasteiger partial charge in [0.25, 0.3) is 0 Å². The molecule has 15 heavy (non-hydrogen) atoms. The molecule has 82 valence electrons. The number of amides is 1. The van der Waals surface area contributed by atoms with Crippen LogP contribution in [0.5, 0.6) is 5.75 Å². The van der Waals surface area contributed by atoms with E-state index in [0.29, 0.717) is 5.56 Å². The highest BCUT2D eigenvalue weighted by Crippen LogP contribution is 2.34. The first-order valence-corrected chi connectivity index (χ1v) is 4.89. The van der Waals surface area contributed by atoms with Gasteiger partial charge in [-0.15, -0.1) is 0 Å². The smallest absolute Gasteiger partial charge is 0.219 e. The number of phenolic OH excluding ortho intramolecular Hbond substituents is 1. The van der Waals surface area contributed by atoms with E-state index in [4.69, 9.17) is 34.7 Å². The first kappa shape index (κ1) is 12.1. The lowest BCUT2D eigenvalue weighted by Gasteiger charge is -2.11. The summed E-state index contributed by atoms with van der Waals surface area (Å²) < 4.78 is 0. The zero-order valence-corrected chi connectivity index (χ0v) is 9.22. The average Bonchev–Trinajstić information content (AvgIpc) is 2.12. The SMILES string of the molecule is NC(=O)CC(N)c1cc(Cl)c(O)c(Cl)c1. The van der Waals surface area contributed by atoms with Gasteiger partial charge in [0.2, 0.25) is 5.91 Å². The Morgan fingerprint density at radius 2 is 1.87 bits per heavy atom. The van der Waals surface area contributed by atoms with Crippen molar-refractivity contribution in [2.24, 2.45) is 11.5 Å². The number of aromatic hydroxyl groups is 1. The summed E-state index contributed by atoms with van der Waals surface area (Å²) in [5.41, 5.74) is 11.2. The number of phenols is 1. The maximum atomic E-state index is 10.6. The van der Waals surface area contributed by atoms with Crippen molar-refractivity contribution < 1.29 is 9.90 Å². The van der Waals surface area contributed by atoms with Crippen LogP contribution in [0.3, 0.4) is 0 Å². The lowest BCUT2D eigenvalue weighted by Crippen LogP contribution is -2.20. The standard InChI is InChI=1S/C9H10Cl2N2O2/c10-5-1-4(2-6(11)9(5)15)7(12)3-8(13)14/h1-2,7,15H,3,12H2,(H2,13,14). The molecule has 0 aliphatic rings. The van der Waals surface area contributed by atoms with Gasteiger partial charge < -0.3 is 16.6 Å². The van der Waals surface area contributed by atoms with Gasteiger partial charge in [0, 0.05) is 12.5 Å². The highest BCUT2D eigenvalue weighted by Gasteiger charge is 2.13. The summed E-state index contributed by atoms with van der Waals surface area (Å²) >= 11 is 11.4. The highest BCUT2D eigenvalue weighted by molar-refractivity contribution is 6.37. The van der Waals surface area contributed by atoms with E-state index in [1.807, 2.05) is 0 Å². The molecule has 0 aliphatic carbocycles. The normalized spacial score (nSPS) is 12.5. The number of hydrogen-bond acceptors (Lipinski definition) is 3. The van der Waals surface area contributed by atoms with Crippen LogP contribution in [0.2, 0.25) is 10.0 Å². The first-order chi connectivity index (χ1) is 6.91. The Balaban J connectivity index is 3.00. The van der Waals surface area contributed by atoms with Crippen molar-refractivity contribution in [2.45, 2.75) is 12.5 Å². The van der Waals surface area contributed by atoms with Gasteiger partial charge in [-0.1, -0.05) is 23.2 Å². The van der Waals surface area contributed by atoms with Crippen LogP contribution in [0, 0.1) is 0 Å². The molecule has 0 radical (unpaired) electrons. The zero-order valence-electron chi connectivity index (χ0n) is 7.71. The van der Waals surface area contributed by atoms with Crippen LogP contribution < -0.4 is 11.5 Å². The molecule has 0 aliphatic heterocycles. The van der Waals surface area contributed by atoms with Gasteiger partial charge in [0.15, 0.2) is 5.75 Å². The number of halogens is 2. The molecule has 5 N–H and O–H groups in total. The Morgan fingerprint density at radius 1 is 1.40 bits per heavy atom. The second-order valence-corrected chi connectivity index (χ2v) is 3.92. The number of carbonyl (C=O) groups is 1. The Bertz CT molecular complexity index is 373. The Morgan fingerprint density at radius 3 is 2.27 bits per heavy atom. The number of carbonyl (C=O) groups excluding carboxylic acids is 1. The monoisotopic (exact) mass is 248 g/mol. The minimum absolute atomic E-state index is 0.00255. The molecule has 6 heteroatoms. The number of benzene rings is 1.